The second-order valence-corrected chi connectivity index (χ2v) is 4.18. The molecule has 0 fully saturated rings. The number of nitriles is 1. The third-order valence-corrected chi connectivity index (χ3v) is 2.89. The SMILES string of the molecule is N#Cc1cccc(-c2ccn[nH]2)c1Oc1ccccc1. The van der Waals surface area contributed by atoms with Crippen molar-refractivity contribution >= 4 is 0 Å². The molecule has 96 valence electrons. The van der Waals surface area contributed by atoms with Gasteiger partial charge in [-0.1, -0.05) is 24.3 Å². The minimum Gasteiger partial charge on any atom is -0.455 e. The number of benzene rings is 2. The lowest BCUT2D eigenvalue weighted by Crippen LogP contribution is -1.92. The van der Waals surface area contributed by atoms with Gasteiger partial charge in [-0.2, -0.15) is 10.4 Å². The van der Waals surface area contributed by atoms with Crippen molar-refractivity contribution in [2.75, 3.05) is 0 Å². The highest BCUT2D eigenvalue weighted by Gasteiger charge is 2.13. The second kappa shape index (κ2) is 5.29. The topological polar surface area (TPSA) is 61.7 Å². The molecule has 0 amide bonds. The molecule has 4 heteroatoms. The predicted octanol–water partition coefficient (Wildman–Crippen LogP) is 3.74. The molecule has 1 N–H and O–H groups in total. The van der Waals surface area contributed by atoms with Crippen LogP contribution in [0.3, 0.4) is 0 Å². The number of nitrogens with zero attached hydrogens (tertiary/aromatic N) is 2. The Morgan fingerprint density at radius 3 is 2.55 bits per heavy atom. The summed E-state index contributed by atoms with van der Waals surface area (Å²) in [6, 6.07) is 18.9. The predicted molar refractivity (Wildman–Crippen MR) is 75.3 cm³/mol. The first kappa shape index (κ1) is 12.0. The van der Waals surface area contributed by atoms with Gasteiger partial charge in [-0.15, -0.1) is 0 Å². The Balaban J connectivity index is 2.10. The molecule has 0 bridgehead atoms. The van der Waals surface area contributed by atoms with Crippen LogP contribution in [-0.4, -0.2) is 10.2 Å². The van der Waals surface area contributed by atoms with Crippen molar-refractivity contribution in [2.45, 2.75) is 0 Å². The average Bonchev–Trinajstić information content (AvgIpc) is 3.02. The van der Waals surface area contributed by atoms with E-state index in [1.165, 1.54) is 0 Å². The quantitative estimate of drug-likeness (QED) is 0.781. The third-order valence-electron chi connectivity index (χ3n) is 2.89. The molecule has 0 saturated heterocycles. The number of H-pyrrole nitrogens is 1. The molecule has 20 heavy (non-hydrogen) atoms. The third kappa shape index (κ3) is 2.25. The largest absolute Gasteiger partial charge is 0.455 e. The summed E-state index contributed by atoms with van der Waals surface area (Å²) in [5.41, 5.74) is 2.11. The van der Waals surface area contributed by atoms with Crippen molar-refractivity contribution in [1.29, 1.82) is 5.26 Å². The standard InChI is InChI=1S/C16H11N3O/c17-11-12-5-4-8-14(15-9-10-18-19-15)16(12)20-13-6-2-1-3-7-13/h1-10H,(H,18,19). The monoisotopic (exact) mass is 261 g/mol. The summed E-state index contributed by atoms with van der Waals surface area (Å²) < 4.78 is 5.89. The van der Waals surface area contributed by atoms with Crippen LogP contribution in [0.4, 0.5) is 0 Å². The Kier molecular flexibility index (Phi) is 3.17. The molecule has 3 aromatic rings. The summed E-state index contributed by atoms with van der Waals surface area (Å²) in [6.45, 7) is 0. The first-order valence-corrected chi connectivity index (χ1v) is 6.14. The maximum Gasteiger partial charge on any atom is 0.154 e. The van der Waals surface area contributed by atoms with Gasteiger partial charge in [0.1, 0.15) is 11.8 Å². The number of para-hydroxylation sites is 2. The first-order chi connectivity index (χ1) is 9.88. The number of nitrogens with one attached hydrogen (secondary N) is 1. The summed E-state index contributed by atoms with van der Waals surface area (Å²) >= 11 is 0. The fourth-order valence-electron chi connectivity index (χ4n) is 1.96. The highest BCUT2D eigenvalue weighted by molar-refractivity contribution is 5.71. The molecule has 2 aromatic carbocycles. The molecule has 0 spiro atoms. The number of rotatable bonds is 3. The summed E-state index contributed by atoms with van der Waals surface area (Å²) in [5, 5.41) is 16.1. The molecule has 4 nitrogen and oxygen atoms in total. The van der Waals surface area contributed by atoms with Crippen LogP contribution in [0.25, 0.3) is 11.3 Å². The van der Waals surface area contributed by atoms with Crippen LogP contribution in [0.2, 0.25) is 0 Å². The van der Waals surface area contributed by atoms with E-state index in [9.17, 15) is 5.26 Å². The smallest absolute Gasteiger partial charge is 0.154 e. The lowest BCUT2D eigenvalue weighted by Gasteiger charge is -2.11. The molecular weight excluding hydrogens is 250 g/mol. The minimum atomic E-state index is 0.487. The van der Waals surface area contributed by atoms with E-state index in [-0.39, 0.29) is 0 Å². The van der Waals surface area contributed by atoms with Crippen LogP contribution in [-0.2, 0) is 0 Å². The van der Waals surface area contributed by atoms with E-state index >= 15 is 0 Å². The lowest BCUT2D eigenvalue weighted by molar-refractivity contribution is 0.482. The fourth-order valence-corrected chi connectivity index (χ4v) is 1.96. The van der Waals surface area contributed by atoms with Crippen LogP contribution in [0.15, 0.2) is 60.8 Å². The normalized spacial score (nSPS) is 9.95. The van der Waals surface area contributed by atoms with Gasteiger partial charge in [0.25, 0.3) is 0 Å². The van der Waals surface area contributed by atoms with E-state index in [4.69, 9.17) is 4.74 Å². The lowest BCUT2D eigenvalue weighted by atomic mass is 10.1. The van der Waals surface area contributed by atoms with E-state index in [0.29, 0.717) is 17.1 Å². The molecule has 0 unspecified atom stereocenters. The molecule has 0 atom stereocenters. The van der Waals surface area contributed by atoms with E-state index in [0.717, 1.165) is 11.3 Å². The van der Waals surface area contributed by atoms with Crippen molar-refractivity contribution < 1.29 is 4.74 Å². The molecule has 0 aliphatic carbocycles. The highest BCUT2D eigenvalue weighted by atomic mass is 16.5. The molecule has 0 aliphatic heterocycles. The molecule has 0 radical (unpaired) electrons. The summed E-state index contributed by atoms with van der Waals surface area (Å²) in [5.74, 6) is 1.22. The Hall–Kier alpha value is -3.06. The van der Waals surface area contributed by atoms with Gasteiger partial charge in [0.2, 0.25) is 0 Å². The number of hydrogen-bond donors (Lipinski definition) is 1. The van der Waals surface area contributed by atoms with E-state index < -0.39 is 0 Å². The molecule has 1 aromatic heterocycles. The van der Waals surface area contributed by atoms with Crippen molar-refractivity contribution in [3.63, 3.8) is 0 Å². The Morgan fingerprint density at radius 2 is 1.85 bits per heavy atom. The van der Waals surface area contributed by atoms with Crippen LogP contribution in [0.5, 0.6) is 11.5 Å². The minimum absolute atomic E-state index is 0.487. The van der Waals surface area contributed by atoms with Gasteiger partial charge < -0.3 is 4.74 Å². The Morgan fingerprint density at radius 1 is 1.00 bits per heavy atom. The van der Waals surface area contributed by atoms with Crippen molar-refractivity contribution in [1.82, 2.24) is 10.2 Å². The van der Waals surface area contributed by atoms with E-state index in [1.807, 2.05) is 48.5 Å². The maximum absolute atomic E-state index is 9.26. The molecule has 0 saturated carbocycles. The molecule has 3 rings (SSSR count). The van der Waals surface area contributed by atoms with Crippen LogP contribution in [0.1, 0.15) is 5.56 Å². The zero-order valence-corrected chi connectivity index (χ0v) is 10.6. The number of aromatic nitrogens is 2. The average molecular weight is 261 g/mol. The molecule has 1 heterocycles. The number of hydrogen-bond acceptors (Lipinski definition) is 3. The summed E-state index contributed by atoms with van der Waals surface area (Å²) in [6.07, 6.45) is 1.67. The first-order valence-electron chi connectivity index (χ1n) is 6.14. The molecular formula is C16H11N3O. The fraction of sp³-hybridized carbons (Fsp3) is 0. The van der Waals surface area contributed by atoms with Crippen molar-refractivity contribution in [2.24, 2.45) is 0 Å². The summed E-state index contributed by atoms with van der Waals surface area (Å²) in [7, 11) is 0. The Labute approximate surface area is 116 Å². The van der Waals surface area contributed by atoms with Gasteiger partial charge >= 0.3 is 0 Å². The summed E-state index contributed by atoms with van der Waals surface area (Å²) in [4.78, 5) is 0. The van der Waals surface area contributed by atoms with Gasteiger partial charge in [0, 0.05) is 11.8 Å². The molecule has 0 aliphatic rings. The van der Waals surface area contributed by atoms with E-state index in [1.54, 1.807) is 12.3 Å². The van der Waals surface area contributed by atoms with Gasteiger partial charge in [0.05, 0.1) is 11.3 Å². The second-order valence-electron chi connectivity index (χ2n) is 4.18. The number of aromatic amines is 1. The van der Waals surface area contributed by atoms with Gasteiger partial charge in [-0.25, -0.2) is 0 Å². The number of ether oxygens (including phenoxy) is 1. The van der Waals surface area contributed by atoms with Gasteiger partial charge in [-0.3, -0.25) is 5.10 Å². The Bertz CT molecular complexity index is 743. The maximum atomic E-state index is 9.26. The van der Waals surface area contributed by atoms with Crippen LogP contribution < -0.4 is 4.74 Å². The van der Waals surface area contributed by atoms with Crippen LogP contribution in [0, 0.1) is 11.3 Å². The zero-order valence-electron chi connectivity index (χ0n) is 10.6. The van der Waals surface area contributed by atoms with Crippen molar-refractivity contribution in [3.8, 4) is 28.8 Å². The van der Waals surface area contributed by atoms with Crippen molar-refractivity contribution in [3.05, 3.63) is 66.4 Å². The van der Waals surface area contributed by atoms with Gasteiger partial charge in [0.15, 0.2) is 5.75 Å². The highest BCUT2D eigenvalue weighted by Crippen LogP contribution is 2.35. The van der Waals surface area contributed by atoms with Gasteiger partial charge in [-0.05, 0) is 30.3 Å². The zero-order chi connectivity index (χ0) is 13.8. The van der Waals surface area contributed by atoms with E-state index in [2.05, 4.69) is 16.3 Å². The van der Waals surface area contributed by atoms with Crippen LogP contribution >= 0.6 is 0 Å².